The minimum atomic E-state index is -0.357. The SMILES string of the molecule is NC1=NC(=O)CCCCCCCCC2OC(=O)CN12. The molecule has 106 valence electrons. The first-order chi connectivity index (χ1) is 9.16. The van der Waals surface area contributed by atoms with Crippen LogP contribution in [0.15, 0.2) is 4.99 Å². The number of amides is 1. The molecular weight excluding hydrogens is 246 g/mol. The third kappa shape index (κ3) is 3.94. The Morgan fingerprint density at radius 2 is 1.79 bits per heavy atom. The lowest BCUT2D eigenvalue weighted by Gasteiger charge is -2.22. The van der Waals surface area contributed by atoms with E-state index in [2.05, 4.69) is 4.99 Å². The van der Waals surface area contributed by atoms with Gasteiger partial charge < -0.3 is 10.5 Å². The molecule has 19 heavy (non-hydrogen) atoms. The van der Waals surface area contributed by atoms with Crippen molar-refractivity contribution in [2.45, 2.75) is 57.6 Å². The molecule has 0 saturated carbocycles. The molecular formula is C13H21N3O3. The predicted molar refractivity (Wildman–Crippen MR) is 70.2 cm³/mol. The van der Waals surface area contributed by atoms with Crippen LogP contribution < -0.4 is 5.73 Å². The molecule has 0 aromatic rings. The molecule has 0 aromatic heterocycles. The molecule has 0 aromatic carbocycles. The van der Waals surface area contributed by atoms with Gasteiger partial charge in [0.1, 0.15) is 6.54 Å². The van der Waals surface area contributed by atoms with E-state index in [4.69, 9.17) is 10.5 Å². The molecule has 2 aliphatic rings. The highest BCUT2D eigenvalue weighted by Crippen LogP contribution is 2.19. The van der Waals surface area contributed by atoms with Gasteiger partial charge in [-0.2, -0.15) is 4.99 Å². The van der Waals surface area contributed by atoms with E-state index in [0.29, 0.717) is 6.42 Å². The van der Waals surface area contributed by atoms with Crippen LogP contribution in [-0.2, 0) is 14.3 Å². The summed E-state index contributed by atoms with van der Waals surface area (Å²) in [5, 5.41) is 0. The maximum atomic E-state index is 11.6. The molecule has 0 bridgehead atoms. The molecule has 2 heterocycles. The normalized spacial score (nSPS) is 26.6. The minimum absolute atomic E-state index is 0.0906. The summed E-state index contributed by atoms with van der Waals surface area (Å²) in [6.07, 6.45) is 7.14. The van der Waals surface area contributed by atoms with Crippen LogP contribution in [0.2, 0.25) is 0 Å². The van der Waals surface area contributed by atoms with E-state index in [-0.39, 0.29) is 30.6 Å². The summed E-state index contributed by atoms with van der Waals surface area (Å²) < 4.78 is 5.22. The lowest BCUT2D eigenvalue weighted by atomic mass is 10.1. The van der Waals surface area contributed by atoms with Gasteiger partial charge in [-0.05, 0) is 12.8 Å². The monoisotopic (exact) mass is 267 g/mol. The second-order valence-corrected chi connectivity index (χ2v) is 5.10. The van der Waals surface area contributed by atoms with Gasteiger partial charge in [-0.15, -0.1) is 0 Å². The second-order valence-electron chi connectivity index (χ2n) is 5.10. The first-order valence-corrected chi connectivity index (χ1v) is 7.00. The van der Waals surface area contributed by atoms with Gasteiger partial charge in [-0.3, -0.25) is 14.5 Å². The van der Waals surface area contributed by atoms with Gasteiger partial charge in [0.2, 0.25) is 11.9 Å². The zero-order valence-corrected chi connectivity index (χ0v) is 11.1. The van der Waals surface area contributed by atoms with Crippen molar-refractivity contribution < 1.29 is 14.3 Å². The van der Waals surface area contributed by atoms with E-state index < -0.39 is 0 Å². The zero-order valence-electron chi connectivity index (χ0n) is 11.1. The summed E-state index contributed by atoms with van der Waals surface area (Å²) in [4.78, 5) is 28.5. The number of hydrogen-bond donors (Lipinski definition) is 1. The Kier molecular flexibility index (Phi) is 4.76. The van der Waals surface area contributed by atoms with Crippen molar-refractivity contribution in [2.24, 2.45) is 10.7 Å². The Morgan fingerprint density at radius 1 is 1.11 bits per heavy atom. The van der Waals surface area contributed by atoms with Gasteiger partial charge in [0.05, 0.1) is 0 Å². The largest absolute Gasteiger partial charge is 0.440 e. The fourth-order valence-corrected chi connectivity index (χ4v) is 2.49. The first-order valence-electron chi connectivity index (χ1n) is 7.00. The lowest BCUT2D eigenvalue weighted by molar-refractivity contribution is -0.141. The summed E-state index contributed by atoms with van der Waals surface area (Å²) in [6.45, 7) is 0.0906. The Hall–Kier alpha value is -1.59. The molecule has 6 heteroatoms. The summed E-state index contributed by atoms with van der Waals surface area (Å²) in [6, 6.07) is 0. The number of ether oxygens (including phenoxy) is 1. The van der Waals surface area contributed by atoms with Gasteiger partial charge >= 0.3 is 5.97 Å². The highest BCUT2D eigenvalue weighted by Gasteiger charge is 2.33. The molecule has 1 fully saturated rings. The van der Waals surface area contributed by atoms with Crippen molar-refractivity contribution in [2.75, 3.05) is 6.54 Å². The molecule has 1 saturated heterocycles. The quantitative estimate of drug-likeness (QED) is 0.665. The third-order valence-corrected chi connectivity index (χ3v) is 3.54. The summed E-state index contributed by atoms with van der Waals surface area (Å²) >= 11 is 0. The van der Waals surface area contributed by atoms with E-state index in [9.17, 15) is 9.59 Å². The van der Waals surface area contributed by atoms with Crippen molar-refractivity contribution in [1.29, 1.82) is 0 Å². The van der Waals surface area contributed by atoms with Crippen LogP contribution in [-0.4, -0.2) is 35.5 Å². The van der Waals surface area contributed by atoms with Crippen LogP contribution in [0.25, 0.3) is 0 Å². The highest BCUT2D eigenvalue weighted by atomic mass is 16.6. The Bertz CT molecular complexity index is 381. The number of nitrogens with zero attached hydrogens (tertiary/aromatic N) is 2. The summed E-state index contributed by atoms with van der Waals surface area (Å²) in [7, 11) is 0. The van der Waals surface area contributed by atoms with Crippen LogP contribution in [0.4, 0.5) is 0 Å². The van der Waals surface area contributed by atoms with Crippen LogP contribution >= 0.6 is 0 Å². The van der Waals surface area contributed by atoms with E-state index >= 15 is 0 Å². The number of fused-ring (bicyclic) bond motifs is 1. The van der Waals surface area contributed by atoms with Gasteiger partial charge in [0.25, 0.3) is 0 Å². The molecule has 1 unspecified atom stereocenters. The fourth-order valence-electron chi connectivity index (χ4n) is 2.49. The molecule has 0 radical (unpaired) electrons. The Balaban J connectivity index is 2.07. The third-order valence-electron chi connectivity index (χ3n) is 3.54. The van der Waals surface area contributed by atoms with Crippen molar-refractivity contribution >= 4 is 17.8 Å². The van der Waals surface area contributed by atoms with Crippen molar-refractivity contribution in [3.8, 4) is 0 Å². The number of carbonyl (C=O) groups is 2. The maximum Gasteiger partial charge on any atom is 0.327 e. The van der Waals surface area contributed by atoms with Crippen LogP contribution in [0.5, 0.6) is 0 Å². The van der Waals surface area contributed by atoms with E-state index in [1.807, 2.05) is 0 Å². The number of aliphatic imine (C=N–C) groups is 1. The summed E-state index contributed by atoms with van der Waals surface area (Å²) in [5.41, 5.74) is 5.81. The van der Waals surface area contributed by atoms with Crippen molar-refractivity contribution in [3.05, 3.63) is 0 Å². The average Bonchev–Trinajstić information content (AvgIpc) is 2.73. The molecule has 2 N–H and O–H groups in total. The molecule has 2 rings (SSSR count). The highest BCUT2D eigenvalue weighted by molar-refractivity contribution is 5.94. The number of guanidine groups is 1. The van der Waals surface area contributed by atoms with Gasteiger partial charge in [0, 0.05) is 12.8 Å². The number of esters is 1. The van der Waals surface area contributed by atoms with Crippen molar-refractivity contribution in [1.82, 2.24) is 4.90 Å². The van der Waals surface area contributed by atoms with E-state index in [1.54, 1.807) is 4.90 Å². The average molecular weight is 267 g/mol. The van der Waals surface area contributed by atoms with Crippen LogP contribution in [0, 0.1) is 0 Å². The molecule has 1 amide bonds. The standard InChI is InChI=1S/C13H21N3O3/c14-13-15-10(17)7-5-3-1-2-4-6-8-11-16(13)9-12(18)19-11/h11H,1-9H2,(H2,14,15,17). The van der Waals surface area contributed by atoms with Gasteiger partial charge in [-0.1, -0.05) is 25.7 Å². The molecule has 0 aliphatic carbocycles. The maximum absolute atomic E-state index is 11.6. The zero-order chi connectivity index (χ0) is 13.7. The van der Waals surface area contributed by atoms with Gasteiger partial charge in [-0.25, -0.2) is 0 Å². The van der Waals surface area contributed by atoms with Crippen LogP contribution in [0.3, 0.4) is 0 Å². The summed E-state index contributed by atoms with van der Waals surface area (Å²) in [5.74, 6) is -0.405. The molecule has 6 nitrogen and oxygen atoms in total. The predicted octanol–water partition coefficient (Wildman–Crippen LogP) is 1.15. The smallest absolute Gasteiger partial charge is 0.327 e. The number of carbonyl (C=O) groups excluding carboxylic acids is 2. The first kappa shape index (κ1) is 13.8. The molecule has 2 aliphatic heterocycles. The fraction of sp³-hybridized carbons (Fsp3) is 0.769. The van der Waals surface area contributed by atoms with Crippen LogP contribution in [0.1, 0.15) is 51.4 Å². The molecule has 1 atom stereocenters. The Labute approximate surface area is 113 Å². The number of hydrogen-bond acceptors (Lipinski definition) is 5. The second kappa shape index (κ2) is 6.54. The number of nitrogens with two attached hydrogens (primary N) is 1. The number of rotatable bonds is 0. The van der Waals surface area contributed by atoms with E-state index in [1.165, 1.54) is 0 Å². The van der Waals surface area contributed by atoms with E-state index in [0.717, 1.165) is 44.9 Å². The topological polar surface area (TPSA) is 85.0 Å². The Morgan fingerprint density at radius 3 is 2.58 bits per heavy atom. The van der Waals surface area contributed by atoms with Gasteiger partial charge in [0.15, 0.2) is 6.23 Å². The molecule has 0 spiro atoms. The lowest BCUT2D eigenvalue weighted by Crippen LogP contribution is -2.42. The van der Waals surface area contributed by atoms with Crippen molar-refractivity contribution in [3.63, 3.8) is 0 Å². The minimum Gasteiger partial charge on any atom is -0.440 e.